The summed E-state index contributed by atoms with van der Waals surface area (Å²) in [5, 5.41) is 7.04. The van der Waals surface area contributed by atoms with Gasteiger partial charge in [0.05, 0.1) is 0 Å². The maximum Gasteiger partial charge on any atom is 0.107 e. The fourth-order valence-corrected chi connectivity index (χ4v) is 3.67. The van der Waals surface area contributed by atoms with Crippen LogP contribution < -0.4 is 5.32 Å². The Labute approximate surface area is 109 Å². The summed E-state index contributed by atoms with van der Waals surface area (Å²) in [4.78, 5) is 4.50. The molecule has 3 heteroatoms. The molecule has 1 aromatic heterocycles. The van der Waals surface area contributed by atoms with Crippen LogP contribution in [0.5, 0.6) is 0 Å². The first-order valence-electron chi connectivity index (χ1n) is 6.61. The maximum absolute atomic E-state index is 4.50. The molecular formula is C14H24N2S. The van der Waals surface area contributed by atoms with E-state index in [0.29, 0.717) is 11.5 Å². The van der Waals surface area contributed by atoms with E-state index >= 15 is 0 Å². The third-order valence-corrected chi connectivity index (χ3v) is 4.84. The van der Waals surface area contributed by atoms with Crippen molar-refractivity contribution in [3.63, 3.8) is 0 Å². The SMILES string of the molecule is Cc1csc(CNC2CCC(C)(C)CC2C)n1. The molecule has 0 aromatic carbocycles. The monoisotopic (exact) mass is 252 g/mol. The Kier molecular flexibility index (Phi) is 3.88. The number of hydrogen-bond acceptors (Lipinski definition) is 3. The molecule has 2 rings (SSSR count). The second-order valence-corrected chi connectivity index (χ2v) is 7.20. The van der Waals surface area contributed by atoms with Gasteiger partial charge in [0.1, 0.15) is 5.01 Å². The Hall–Kier alpha value is -0.410. The molecule has 96 valence electrons. The minimum atomic E-state index is 0.537. The zero-order valence-electron chi connectivity index (χ0n) is 11.4. The van der Waals surface area contributed by atoms with Crippen molar-refractivity contribution in [1.29, 1.82) is 0 Å². The lowest BCUT2D eigenvalue weighted by molar-refractivity contribution is 0.148. The molecule has 0 spiro atoms. The zero-order valence-corrected chi connectivity index (χ0v) is 12.2. The summed E-state index contributed by atoms with van der Waals surface area (Å²) >= 11 is 1.77. The van der Waals surface area contributed by atoms with E-state index in [2.05, 4.69) is 43.4 Å². The Morgan fingerprint density at radius 2 is 2.29 bits per heavy atom. The van der Waals surface area contributed by atoms with Crippen LogP contribution in [0.1, 0.15) is 50.7 Å². The van der Waals surface area contributed by atoms with E-state index in [1.165, 1.54) is 24.3 Å². The van der Waals surface area contributed by atoms with Gasteiger partial charge in [-0.3, -0.25) is 0 Å². The predicted octanol–water partition coefficient (Wildman–Crippen LogP) is 3.76. The molecule has 1 aromatic rings. The normalized spacial score (nSPS) is 28.2. The first-order chi connectivity index (χ1) is 7.96. The minimum Gasteiger partial charge on any atom is -0.307 e. The van der Waals surface area contributed by atoms with Gasteiger partial charge in [0.2, 0.25) is 0 Å². The second kappa shape index (κ2) is 5.07. The smallest absolute Gasteiger partial charge is 0.107 e. The van der Waals surface area contributed by atoms with E-state index in [0.717, 1.165) is 18.2 Å². The Bertz CT molecular complexity index is 370. The summed E-state index contributed by atoms with van der Waals surface area (Å²) in [6, 6.07) is 0.673. The van der Waals surface area contributed by atoms with Crippen molar-refractivity contribution >= 4 is 11.3 Å². The third-order valence-electron chi connectivity index (χ3n) is 3.88. The van der Waals surface area contributed by atoms with Gasteiger partial charge in [-0.25, -0.2) is 4.98 Å². The zero-order chi connectivity index (χ0) is 12.5. The molecule has 0 amide bonds. The molecule has 2 nitrogen and oxygen atoms in total. The van der Waals surface area contributed by atoms with Crippen LogP contribution in [0.3, 0.4) is 0 Å². The fraction of sp³-hybridized carbons (Fsp3) is 0.786. The van der Waals surface area contributed by atoms with Gasteiger partial charge in [-0.2, -0.15) is 0 Å². The van der Waals surface area contributed by atoms with Crippen molar-refractivity contribution in [3.8, 4) is 0 Å². The standard InChI is InChI=1S/C14H24N2S/c1-10-7-14(3,4)6-5-12(10)15-8-13-16-11(2)9-17-13/h9-10,12,15H,5-8H2,1-4H3. The summed E-state index contributed by atoms with van der Waals surface area (Å²) in [5.74, 6) is 0.778. The molecule has 0 saturated heterocycles. The fourth-order valence-electron chi connectivity index (χ4n) is 2.95. The average molecular weight is 252 g/mol. The van der Waals surface area contributed by atoms with E-state index in [-0.39, 0.29) is 0 Å². The van der Waals surface area contributed by atoms with E-state index in [9.17, 15) is 0 Å². The molecule has 0 radical (unpaired) electrons. The lowest BCUT2D eigenvalue weighted by Crippen LogP contribution is -2.41. The summed E-state index contributed by atoms with van der Waals surface area (Å²) in [5.41, 5.74) is 1.68. The van der Waals surface area contributed by atoms with Gasteiger partial charge in [0, 0.05) is 23.7 Å². The largest absolute Gasteiger partial charge is 0.307 e. The van der Waals surface area contributed by atoms with Gasteiger partial charge in [-0.05, 0) is 37.5 Å². The van der Waals surface area contributed by atoms with Crippen molar-refractivity contribution in [2.75, 3.05) is 0 Å². The minimum absolute atomic E-state index is 0.537. The first-order valence-corrected chi connectivity index (χ1v) is 7.49. The molecule has 17 heavy (non-hydrogen) atoms. The van der Waals surface area contributed by atoms with Crippen molar-refractivity contribution in [1.82, 2.24) is 10.3 Å². The molecule has 1 saturated carbocycles. The number of thiazole rings is 1. The van der Waals surface area contributed by atoms with Gasteiger partial charge in [0.15, 0.2) is 0 Å². The van der Waals surface area contributed by atoms with Crippen LogP contribution in [0.15, 0.2) is 5.38 Å². The number of aromatic nitrogens is 1. The number of hydrogen-bond donors (Lipinski definition) is 1. The van der Waals surface area contributed by atoms with E-state index in [1.807, 2.05) is 0 Å². The first kappa shape index (κ1) is 13.0. The molecule has 0 aliphatic heterocycles. The number of nitrogens with one attached hydrogen (secondary N) is 1. The van der Waals surface area contributed by atoms with Gasteiger partial charge in [-0.1, -0.05) is 20.8 Å². The van der Waals surface area contributed by atoms with Crippen LogP contribution in [-0.4, -0.2) is 11.0 Å². The summed E-state index contributed by atoms with van der Waals surface area (Å²) in [6.07, 6.45) is 3.98. The van der Waals surface area contributed by atoms with Gasteiger partial charge in [0.25, 0.3) is 0 Å². The molecule has 2 unspecified atom stereocenters. The Morgan fingerprint density at radius 3 is 2.88 bits per heavy atom. The van der Waals surface area contributed by atoms with E-state index < -0.39 is 0 Å². The van der Waals surface area contributed by atoms with Crippen molar-refractivity contribution < 1.29 is 0 Å². The molecule has 1 fully saturated rings. The highest BCUT2D eigenvalue weighted by Gasteiger charge is 2.31. The van der Waals surface area contributed by atoms with Gasteiger partial charge >= 0.3 is 0 Å². The Balaban J connectivity index is 1.84. The summed E-state index contributed by atoms with van der Waals surface area (Å²) < 4.78 is 0. The highest BCUT2D eigenvalue weighted by molar-refractivity contribution is 7.09. The van der Waals surface area contributed by atoms with Crippen LogP contribution in [0.2, 0.25) is 0 Å². The lowest BCUT2D eigenvalue weighted by Gasteiger charge is -2.39. The number of rotatable bonds is 3. The molecule has 1 heterocycles. The van der Waals surface area contributed by atoms with Crippen molar-refractivity contribution in [3.05, 3.63) is 16.1 Å². The highest BCUT2D eigenvalue weighted by atomic mass is 32.1. The van der Waals surface area contributed by atoms with Gasteiger partial charge in [-0.15, -0.1) is 11.3 Å². The van der Waals surface area contributed by atoms with Crippen LogP contribution in [0.4, 0.5) is 0 Å². The van der Waals surface area contributed by atoms with Crippen molar-refractivity contribution in [2.24, 2.45) is 11.3 Å². The van der Waals surface area contributed by atoms with Crippen LogP contribution >= 0.6 is 11.3 Å². The van der Waals surface area contributed by atoms with Crippen LogP contribution in [0, 0.1) is 18.3 Å². The summed E-state index contributed by atoms with van der Waals surface area (Å²) in [6.45, 7) is 10.2. The van der Waals surface area contributed by atoms with Crippen molar-refractivity contribution in [2.45, 2.75) is 59.5 Å². The Morgan fingerprint density at radius 1 is 1.53 bits per heavy atom. The topological polar surface area (TPSA) is 24.9 Å². The molecule has 1 aliphatic carbocycles. The third kappa shape index (κ3) is 3.52. The molecule has 0 bridgehead atoms. The summed E-state index contributed by atoms with van der Waals surface area (Å²) in [7, 11) is 0. The maximum atomic E-state index is 4.50. The quantitative estimate of drug-likeness (QED) is 0.886. The predicted molar refractivity (Wildman–Crippen MR) is 74.3 cm³/mol. The van der Waals surface area contributed by atoms with Crippen LogP contribution in [-0.2, 0) is 6.54 Å². The second-order valence-electron chi connectivity index (χ2n) is 6.25. The number of nitrogens with zero attached hydrogens (tertiary/aromatic N) is 1. The molecule has 1 aliphatic rings. The molecule has 1 N–H and O–H groups in total. The lowest BCUT2D eigenvalue weighted by atomic mass is 9.70. The molecular weight excluding hydrogens is 228 g/mol. The van der Waals surface area contributed by atoms with E-state index in [4.69, 9.17) is 0 Å². The van der Waals surface area contributed by atoms with E-state index in [1.54, 1.807) is 11.3 Å². The molecule has 2 atom stereocenters. The number of aryl methyl sites for hydroxylation is 1. The highest BCUT2D eigenvalue weighted by Crippen LogP contribution is 2.38. The van der Waals surface area contributed by atoms with Crippen LogP contribution in [0.25, 0.3) is 0 Å². The van der Waals surface area contributed by atoms with Gasteiger partial charge < -0.3 is 5.32 Å². The average Bonchev–Trinajstić information content (AvgIpc) is 2.62.